The number of aliphatic hydroxyl groups excluding tert-OH is 1. The van der Waals surface area contributed by atoms with E-state index >= 15 is 0 Å². The molecular formula is C11H15BrClN3O3. The van der Waals surface area contributed by atoms with Crippen molar-refractivity contribution in [3.05, 3.63) is 32.8 Å². The number of halogens is 2. The Balaban J connectivity index is 0.00000180. The van der Waals surface area contributed by atoms with Gasteiger partial charge < -0.3 is 15.7 Å². The molecule has 1 aliphatic rings. The molecule has 1 fully saturated rings. The van der Waals surface area contributed by atoms with E-state index in [0.29, 0.717) is 16.7 Å². The van der Waals surface area contributed by atoms with Crippen LogP contribution in [0.3, 0.4) is 0 Å². The van der Waals surface area contributed by atoms with E-state index in [1.165, 1.54) is 6.07 Å². The third-order valence-corrected chi connectivity index (χ3v) is 3.45. The van der Waals surface area contributed by atoms with Crippen LogP contribution in [0.5, 0.6) is 0 Å². The third-order valence-electron chi connectivity index (χ3n) is 2.96. The summed E-state index contributed by atoms with van der Waals surface area (Å²) in [4.78, 5) is 10.6. The highest BCUT2D eigenvalue weighted by atomic mass is 79.9. The molecule has 3 N–H and O–H groups in total. The third kappa shape index (κ3) is 4.04. The number of hydrogen-bond acceptors (Lipinski definition) is 5. The van der Waals surface area contributed by atoms with Crippen LogP contribution in [0.1, 0.15) is 6.42 Å². The van der Waals surface area contributed by atoms with Gasteiger partial charge in [-0.1, -0.05) is 15.9 Å². The molecule has 0 aliphatic carbocycles. The molecule has 0 amide bonds. The molecule has 2 rings (SSSR count). The van der Waals surface area contributed by atoms with Gasteiger partial charge in [0.2, 0.25) is 0 Å². The zero-order chi connectivity index (χ0) is 13.1. The second kappa shape index (κ2) is 7.04. The van der Waals surface area contributed by atoms with Crippen LogP contribution >= 0.6 is 28.3 Å². The van der Waals surface area contributed by atoms with Crippen molar-refractivity contribution >= 4 is 39.7 Å². The van der Waals surface area contributed by atoms with Crippen LogP contribution in [0, 0.1) is 10.1 Å². The van der Waals surface area contributed by atoms with E-state index in [0.717, 1.165) is 6.42 Å². The van der Waals surface area contributed by atoms with Crippen molar-refractivity contribution in [3.63, 3.8) is 0 Å². The molecule has 0 spiro atoms. The second-order valence-electron chi connectivity index (χ2n) is 4.28. The van der Waals surface area contributed by atoms with Gasteiger partial charge in [-0.25, -0.2) is 0 Å². The zero-order valence-electron chi connectivity index (χ0n) is 10.0. The Kier molecular flexibility index (Phi) is 5.99. The fraction of sp³-hybridized carbons (Fsp3) is 0.455. The lowest BCUT2D eigenvalue weighted by molar-refractivity contribution is -0.384. The quantitative estimate of drug-likeness (QED) is 0.569. The van der Waals surface area contributed by atoms with Crippen molar-refractivity contribution in [2.45, 2.75) is 18.5 Å². The van der Waals surface area contributed by atoms with Crippen LogP contribution in [-0.4, -0.2) is 35.3 Å². The first-order valence-corrected chi connectivity index (χ1v) is 6.44. The van der Waals surface area contributed by atoms with Gasteiger partial charge in [0.1, 0.15) is 5.69 Å². The Morgan fingerprint density at radius 1 is 1.58 bits per heavy atom. The predicted molar refractivity (Wildman–Crippen MR) is 78.9 cm³/mol. The van der Waals surface area contributed by atoms with E-state index in [9.17, 15) is 10.1 Å². The Morgan fingerprint density at radius 2 is 2.32 bits per heavy atom. The Labute approximate surface area is 125 Å². The summed E-state index contributed by atoms with van der Waals surface area (Å²) >= 11 is 3.22. The van der Waals surface area contributed by atoms with Crippen LogP contribution in [-0.2, 0) is 0 Å². The van der Waals surface area contributed by atoms with E-state index in [-0.39, 0.29) is 36.8 Å². The van der Waals surface area contributed by atoms with E-state index in [1.807, 2.05) is 0 Å². The molecule has 1 aromatic rings. The number of anilines is 1. The first-order valence-electron chi connectivity index (χ1n) is 5.65. The predicted octanol–water partition coefficient (Wildman–Crippen LogP) is 1.91. The van der Waals surface area contributed by atoms with E-state index in [4.69, 9.17) is 5.11 Å². The van der Waals surface area contributed by atoms with Crippen LogP contribution in [0.4, 0.5) is 11.4 Å². The lowest BCUT2D eigenvalue weighted by Crippen LogP contribution is -2.25. The largest absolute Gasteiger partial charge is 0.395 e. The Bertz CT molecular complexity index is 461. The van der Waals surface area contributed by atoms with E-state index in [2.05, 4.69) is 26.6 Å². The summed E-state index contributed by atoms with van der Waals surface area (Å²) in [6.07, 6.45) is 0.754. The van der Waals surface area contributed by atoms with Gasteiger partial charge in [0.15, 0.2) is 0 Å². The molecule has 0 bridgehead atoms. The number of aliphatic hydroxyl groups is 1. The first kappa shape index (κ1) is 16.2. The molecule has 1 aliphatic heterocycles. The highest BCUT2D eigenvalue weighted by Crippen LogP contribution is 2.29. The fourth-order valence-electron chi connectivity index (χ4n) is 2.07. The molecule has 1 saturated heterocycles. The van der Waals surface area contributed by atoms with Gasteiger partial charge in [-0.2, -0.15) is 0 Å². The van der Waals surface area contributed by atoms with Crippen molar-refractivity contribution in [2.75, 3.05) is 18.5 Å². The number of benzene rings is 1. The average molecular weight is 353 g/mol. The first-order chi connectivity index (χ1) is 8.60. The van der Waals surface area contributed by atoms with E-state index < -0.39 is 4.92 Å². The highest BCUT2D eigenvalue weighted by Gasteiger charge is 2.25. The molecule has 2 atom stereocenters. The Morgan fingerprint density at radius 3 is 2.89 bits per heavy atom. The minimum Gasteiger partial charge on any atom is -0.395 e. The molecule has 8 heteroatoms. The number of nitro benzene ring substituents is 1. The van der Waals surface area contributed by atoms with Crippen molar-refractivity contribution < 1.29 is 10.0 Å². The summed E-state index contributed by atoms with van der Waals surface area (Å²) in [7, 11) is 0. The maximum absolute atomic E-state index is 11.0. The van der Waals surface area contributed by atoms with Crippen molar-refractivity contribution in [3.8, 4) is 0 Å². The average Bonchev–Trinajstić information content (AvgIpc) is 2.79. The summed E-state index contributed by atoms with van der Waals surface area (Å²) < 4.78 is 0.678. The summed E-state index contributed by atoms with van der Waals surface area (Å²) in [5, 5.41) is 26.3. The molecular weight excluding hydrogens is 337 g/mol. The number of hydrogen-bond donors (Lipinski definition) is 3. The highest BCUT2D eigenvalue weighted by molar-refractivity contribution is 9.10. The molecule has 0 radical (unpaired) electrons. The monoisotopic (exact) mass is 351 g/mol. The van der Waals surface area contributed by atoms with Crippen LogP contribution in [0.25, 0.3) is 0 Å². The zero-order valence-corrected chi connectivity index (χ0v) is 12.4. The number of nitrogens with one attached hydrogen (secondary N) is 2. The fourth-order valence-corrected chi connectivity index (χ4v) is 2.41. The van der Waals surface area contributed by atoms with E-state index in [1.54, 1.807) is 12.1 Å². The summed E-state index contributed by atoms with van der Waals surface area (Å²) in [5.41, 5.74) is 0.561. The molecule has 0 unspecified atom stereocenters. The number of nitro groups is 1. The van der Waals surface area contributed by atoms with Crippen molar-refractivity contribution in [2.24, 2.45) is 0 Å². The minimum atomic E-state index is -0.404. The van der Waals surface area contributed by atoms with Crippen LogP contribution < -0.4 is 10.6 Å². The molecule has 19 heavy (non-hydrogen) atoms. The van der Waals surface area contributed by atoms with Crippen LogP contribution in [0.15, 0.2) is 22.7 Å². The van der Waals surface area contributed by atoms with Crippen molar-refractivity contribution in [1.29, 1.82) is 0 Å². The second-order valence-corrected chi connectivity index (χ2v) is 5.20. The lowest BCUT2D eigenvalue weighted by Gasteiger charge is -2.13. The molecule has 0 aromatic heterocycles. The number of rotatable bonds is 4. The topological polar surface area (TPSA) is 87.4 Å². The summed E-state index contributed by atoms with van der Waals surface area (Å²) in [6.45, 7) is 0.777. The van der Waals surface area contributed by atoms with Gasteiger partial charge in [-0.05, 0) is 18.6 Å². The van der Waals surface area contributed by atoms with Crippen molar-refractivity contribution in [1.82, 2.24) is 5.32 Å². The van der Waals surface area contributed by atoms with Gasteiger partial charge in [-0.15, -0.1) is 12.4 Å². The lowest BCUT2D eigenvalue weighted by atomic mass is 10.1. The number of nitrogens with zero attached hydrogens (tertiary/aromatic N) is 1. The van der Waals surface area contributed by atoms with Gasteiger partial charge in [0.25, 0.3) is 5.69 Å². The maximum Gasteiger partial charge on any atom is 0.293 e. The molecule has 1 aromatic carbocycles. The summed E-state index contributed by atoms with van der Waals surface area (Å²) in [5.74, 6) is 0. The van der Waals surface area contributed by atoms with Gasteiger partial charge in [-0.3, -0.25) is 10.1 Å². The van der Waals surface area contributed by atoms with Gasteiger partial charge in [0.05, 0.1) is 11.5 Å². The van der Waals surface area contributed by atoms with Gasteiger partial charge in [0, 0.05) is 29.2 Å². The minimum absolute atomic E-state index is 0. The SMILES string of the molecule is Cl.O=[N+]([O-])c1cc(Br)ccc1N[C@@H]1CN[C@H](CO)C1. The Hall–Kier alpha value is -0.890. The normalized spacial score (nSPS) is 21.8. The summed E-state index contributed by atoms with van der Waals surface area (Å²) in [6, 6.07) is 5.10. The standard InChI is InChI=1S/C11H14BrN3O3.ClH/c12-7-1-2-10(11(3-7)15(17)18)14-8-4-9(6-16)13-5-8;/h1-3,8-9,13-14,16H,4-6H2;1H/t8-,9-;/m0./s1. The molecule has 0 saturated carbocycles. The molecule has 106 valence electrons. The smallest absolute Gasteiger partial charge is 0.293 e. The molecule has 1 heterocycles. The van der Waals surface area contributed by atoms with Gasteiger partial charge >= 0.3 is 0 Å². The molecule has 6 nitrogen and oxygen atoms in total. The van der Waals surface area contributed by atoms with Crippen LogP contribution in [0.2, 0.25) is 0 Å². The maximum atomic E-state index is 11.0.